The van der Waals surface area contributed by atoms with Crippen LogP contribution in [0.3, 0.4) is 0 Å². The Balaban J connectivity index is 2.27. The molecule has 1 saturated heterocycles. The first-order chi connectivity index (χ1) is 10.7. The molecule has 2 rings (SSSR count). The van der Waals surface area contributed by atoms with E-state index in [2.05, 4.69) is 4.90 Å². The molecule has 1 unspecified atom stereocenters. The summed E-state index contributed by atoms with van der Waals surface area (Å²) in [6.07, 6.45) is 1.14. The van der Waals surface area contributed by atoms with Gasteiger partial charge in [0.25, 0.3) is 0 Å². The first-order valence-electron chi connectivity index (χ1n) is 7.73. The van der Waals surface area contributed by atoms with Gasteiger partial charge in [0.2, 0.25) is 15.9 Å². The van der Waals surface area contributed by atoms with Crippen LogP contribution in [0.2, 0.25) is 0 Å². The summed E-state index contributed by atoms with van der Waals surface area (Å²) < 4.78 is 25.8. The molecule has 128 valence electrons. The molecule has 0 saturated carbocycles. The van der Waals surface area contributed by atoms with E-state index in [1.54, 1.807) is 30.0 Å². The number of carbonyl (C=O) groups is 1. The summed E-state index contributed by atoms with van der Waals surface area (Å²) in [4.78, 5) is 16.7. The molecule has 1 aliphatic heterocycles. The van der Waals surface area contributed by atoms with E-state index >= 15 is 0 Å². The average Bonchev–Trinajstić information content (AvgIpc) is 2.46. The first kappa shape index (κ1) is 17.7. The lowest BCUT2D eigenvalue weighted by molar-refractivity contribution is -0.133. The molecule has 0 N–H and O–H groups in total. The van der Waals surface area contributed by atoms with Crippen LogP contribution in [0.5, 0.6) is 0 Å². The SMILES string of the molecule is Cc1cccc(N(C(C)C(=O)N2CCN(C)CC2)S(C)(=O)=O)c1. The van der Waals surface area contributed by atoms with Gasteiger partial charge >= 0.3 is 0 Å². The molecular weight excluding hydrogens is 314 g/mol. The third-order valence-electron chi connectivity index (χ3n) is 4.14. The van der Waals surface area contributed by atoms with Gasteiger partial charge in [-0.1, -0.05) is 12.1 Å². The third kappa shape index (κ3) is 4.23. The molecule has 1 amide bonds. The second-order valence-corrected chi connectivity index (χ2v) is 8.06. The zero-order chi connectivity index (χ0) is 17.2. The van der Waals surface area contributed by atoms with Gasteiger partial charge in [-0.05, 0) is 38.6 Å². The van der Waals surface area contributed by atoms with Crippen LogP contribution < -0.4 is 4.31 Å². The summed E-state index contributed by atoms with van der Waals surface area (Å²) >= 11 is 0. The normalized spacial score (nSPS) is 17.8. The number of hydrogen-bond acceptors (Lipinski definition) is 4. The van der Waals surface area contributed by atoms with Crippen LogP contribution in [0.4, 0.5) is 5.69 Å². The Morgan fingerprint density at radius 3 is 2.35 bits per heavy atom. The lowest BCUT2D eigenvalue weighted by Gasteiger charge is -2.37. The highest BCUT2D eigenvalue weighted by molar-refractivity contribution is 7.92. The highest BCUT2D eigenvalue weighted by Gasteiger charge is 2.32. The van der Waals surface area contributed by atoms with Gasteiger partial charge in [-0.3, -0.25) is 9.10 Å². The van der Waals surface area contributed by atoms with Crippen LogP contribution in [0, 0.1) is 6.92 Å². The molecule has 7 heteroatoms. The average molecular weight is 339 g/mol. The van der Waals surface area contributed by atoms with Gasteiger partial charge in [0.05, 0.1) is 11.9 Å². The molecule has 6 nitrogen and oxygen atoms in total. The standard InChI is InChI=1S/C16H25N3O3S/c1-13-6-5-7-15(12-13)19(23(4,21)22)14(2)16(20)18-10-8-17(3)9-11-18/h5-7,12,14H,8-11H2,1-4H3. The van der Waals surface area contributed by atoms with Gasteiger partial charge in [0.1, 0.15) is 6.04 Å². The number of amides is 1. The van der Waals surface area contributed by atoms with E-state index in [4.69, 9.17) is 0 Å². The zero-order valence-corrected chi connectivity index (χ0v) is 15.0. The third-order valence-corrected chi connectivity index (χ3v) is 5.38. The van der Waals surface area contributed by atoms with Gasteiger partial charge in [-0.15, -0.1) is 0 Å². The van der Waals surface area contributed by atoms with Gasteiger partial charge in [-0.2, -0.15) is 0 Å². The van der Waals surface area contributed by atoms with E-state index < -0.39 is 16.1 Å². The van der Waals surface area contributed by atoms with Gasteiger partial charge in [0.15, 0.2) is 0 Å². The van der Waals surface area contributed by atoms with Crippen LogP contribution in [0.15, 0.2) is 24.3 Å². The van der Waals surface area contributed by atoms with E-state index in [-0.39, 0.29) is 5.91 Å². The summed E-state index contributed by atoms with van der Waals surface area (Å²) in [6.45, 7) is 6.43. The molecule has 23 heavy (non-hydrogen) atoms. The number of nitrogens with zero attached hydrogens (tertiary/aromatic N) is 3. The minimum atomic E-state index is -3.55. The smallest absolute Gasteiger partial charge is 0.246 e. The van der Waals surface area contributed by atoms with E-state index in [0.29, 0.717) is 18.8 Å². The van der Waals surface area contributed by atoms with Crippen molar-refractivity contribution in [1.82, 2.24) is 9.80 Å². The van der Waals surface area contributed by atoms with Crippen molar-refractivity contribution >= 4 is 21.6 Å². The second-order valence-electron chi connectivity index (χ2n) is 6.20. The second kappa shape index (κ2) is 6.88. The molecule has 1 aromatic carbocycles. The van der Waals surface area contributed by atoms with Crippen LogP contribution in [-0.4, -0.2) is 69.6 Å². The number of rotatable bonds is 4. The zero-order valence-electron chi connectivity index (χ0n) is 14.2. The van der Waals surface area contributed by atoms with Crippen molar-refractivity contribution in [2.75, 3.05) is 43.8 Å². The Hall–Kier alpha value is -1.60. The van der Waals surface area contributed by atoms with Crippen molar-refractivity contribution in [1.29, 1.82) is 0 Å². The van der Waals surface area contributed by atoms with E-state index in [1.165, 1.54) is 4.31 Å². The number of piperazine rings is 1. The Labute approximate surface area is 138 Å². The van der Waals surface area contributed by atoms with Crippen molar-refractivity contribution in [2.45, 2.75) is 19.9 Å². The molecule has 1 aliphatic rings. The summed E-state index contributed by atoms with van der Waals surface area (Å²) in [6, 6.07) is 6.46. The largest absolute Gasteiger partial charge is 0.338 e. The monoisotopic (exact) mass is 339 g/mol. The molecule has 0 aliphatic carbocycles. The Morgan fingerprint density at radius 1 is 1.22 bits per heavy atom. The van der Waals surface area contributed by atoms with Crippen molar-refractivity contribution in [2.24, 2.45) is 0 Å². The van der Waals surface area contributed by atoms with E-state index in [0.717, 1.165) is 24.9 Å². The highest BCUT2D eigenvalue weighted by Crippen LogP contribution is 2.23. The first-order valence-corrected chi connectivity index (χ1v) is 9.58. The minimum absolute atomic E-state index is 0.148. The fraction of sp³-hybridized carbons (Fsp3) is 0.562. The number of carbonyl (C=O) groups excluding carboxylic acids is 1. The Bertz CT molecular complexity index is 667. The molecular formula is C16H25N3O3S. The van der Waals surface area contributed by atoms with Crippen LogP contribution >= 0.6 is 0 Å². The maximum absolute atomic E-state index is 12.8. The van der Waals surface area contributed by atoms with E-state index in [9.17, 15) is 13.2 Å². The predicted molar refractivity (Wildman–Crippen MR) is 92.0 cm³/mol. The van der Waals surface area contributed by atoms with Crippen molar-refractivity contribution in [3.05, 3.63) is 29.8 Å². The fourth-order valence-corrected chi connectivity index (χ4v) is 4.02. The molecule has 0 aromatic heterocycles. The van der Waals surface area contributed by atoms with Gasteiger partial charge in [-0.25, -0.2) is 8.42 Å². The summed E-state index contributed by atoms with van der Waals surface area (Å²) in [5.74, 6) is -0.148. The quantitative estimate of drug-likeness (QED) is 0.819. The lowest BCUT2D eigenvalue weighted by atomic mass is 10.2. The molecule has 1 atom stereocenters. The number of hydrogen-bond donors (Lipinski definition) is 0. The maximum atomic E-state index is 12.8. The number of anilines is 1. The fourth-order valence-electron chi connectivity index (χ4n) is 2.86. The molecule has 1 fully saturated rings. The topological polar surface area (TPSA) is 60.9 Å². The Kier molecular flexibility index (Phi) is 5.31. The van der Waals surface area contributed by atoms with Crippen molar-refractivity contribution in [3.63, 3.8) is 0 Å². The van der Waals surface area contributed by atoms with Crippen molar-refractivity contribution < 1.29 is 13.2 Å². The summed E-state index contributed by atoms with van der Waals surface area (Å²) in [5, 5.41) is 0. The van der Waals surface area contributed by atoms with Gasteiger partial charge in [0, 0.05) is 26.2 Å². The van der Waals surface area contributed by atoms with Gasteiger partial charge < -0.3 is 9.80 Å². The molecule has 0 spiro atoms. The summed E-state index contributed by atoms with van der Waals surface area (Å²) in [7, 11) is -1.54. The molecule has 0 bridgehead atoms. The van der Waals surface area contributed by atoms with Crippen LogP contribution in [0.1, 0.15) is 12.5 Å². The Morgan fingerprint density at radius 2 is 1.83 bits per heavy atom. The minimum Gasteiger partial charge on any atom is -0.338 e. The predicted octanol–water partition coefficient (Wildman–Crippen LogP) is 0.924. The number of aryl methyl sites for hydroxylation is 1. The highest BCUT2D eigenvalue weighted by atomic mass is 32.2. The number of benzene rings is 1. The van der Waals surface area contributed by atoms with Crippen molar-refractivity contribution in [3.8, 4) is 0 Å². The lowest BCUT2D eigenvalue weighted by Crippen LogP contribution is -2.54. The number of sulfonamides is 1. The number of likely N-dealkylation sites (N-methyl/N-ethyl adjacent to an activating group) is 1. The molecule has 0 radical (unpaired) electrons. The molecule has 1 heterocycles. The molecule has 1 aromatic rings. The maximum Gasteiger partial charge on any atom is 0.246 e. The van der Waals surface area contributed by atoms with Crippen LogP contribution in [0.25, 0.3) is 0 Å². The summed E-state index contributed by atoms with van der Waals surface area (Å²) in [5.41, 5.74) is 1.48. The van der Waals surface area contributed by atoms with E-state index in [1.807, 2.05) is 20.0 Å². The van der Waals surface area contributed by atoms with Crippen LogP contribution in [-0.2, 0) is 14.8 Å².